The molecule has 32 heavy (non-hydrogen) atoms. The Balaban J connectivity index is 1.35. The fourth-order valence-corrected chi connectivity index (χ4v) is 5.60. The summed E-state index contributed by atoms with van der Waals surface area (Å²) in [5.41, 5.74) is 1.30. The van der Waals surface area contributed by atoms with E-state index in [1.807, 2.05) is 6.07 Å². The van der Waals surface area contributed by atoms with Crippen molar-refractivity contribution in [2.75, 3.05) is 11.9 Å². The molecule has 0 spiro atoms. The molecule has 2 aromatic carbocycles. The first kappa shape index (κ1) is 20.7. The van der Waals surface area contributed by atoms with E-state index in [4.69, 9.17) is 0 Å². The SMILES string of the molecule is O=C(Nc1cccc(-c2nnnn2C2CC2)c1)[C@@H]1CCCN1S(=O)(=O)c1ccc(F)cc1. The molecule has 166 valence electrons. The molecule has 1 aliphatic heterocycles. The summed E-state index contributed by atoms with van der Waals surface area (Å²) < 4.78 is 42.3. The van der Waals surface area contributed by atoms with Gasteiger partial charge >= 0.3 is 0 Å². The minimum absolute atomic E-state index is 0.0347. The molecule has 9 nitrogen and oxygen atoms in total. The van der Waals surface area contributed by atoms with E-state index in [-0.39, 0.29) is 11.4 Å². The number of aromatic nitrogens is 4. The Morgan fingerprint density at radius 1 is 1.09 bits per heavy atom. The molecule has 1 saturated heterocycles. The highest BCUT2D eigenvalue weighted by Crippen LogP contribution is 2.37. The van der Waals surface area contributed by atoms with Crippen molar-refractivity contribution in [1.82, 2.24) is 24.5 Å². The fourth-order valence-electron chi connectivity index (χ4n) is 3.94. The summed E-state index contributed by atoms with van der Waals surface area (Å²) >= 11 is 0. The largest absolute Gasteiger partial charge is 0.325 e. The molecule has 2 aliphatic rings. The lowest BCUT2D eigenvalue weighted by atomic mass is 10.1. The van der Waals surface area contributed by atoms with Crippen LogP contribution in [0.5, 0.6) is 0 Å². The van der Waals surface area contributed by atoms with E-state index in [1.54, 1.807) is 22.9 Å². The van der Waals surface area contributed by atoms with Gasteiger partial charge in [0.25, 0.3) is 0 Å². The van der Waals surface area contributed by atoms with Crippen molar-refractivity contribution in [3.8, 4) is 11.4 Å². The number of benzene rings is 2. The first-order valence-corrected chi connectivity index (χ1v) is 11.8. The van der Waals surface area contributed by atoms with E-state index in [9.17, 15) is 17.6 Å². The molecular formula is C21H21FN6O3S. The van der Waals surface area contributed by atoms with Gasteiger partial charge in [-0.2, -0.15) is 4.31 Å². The second-order valence-corrected chi connectivity index (χ2v) is 9.87. The molecule has 0 radical (unpaired) electrons. The zero-order valence-electron chi connectivity index (χ0n) is 17.1. The normalized spacial score (nSPS) is 19.2. The zero-order chi connectivity index (χ0) is 22.3. The third-order valence-electron chi connectivity index (χ3n) is 5.70. The van der Waals surface area contributed by atoms with Gasteiger partial charge in [0.15, 0.2) is 5.82 Å². The van der Waals surface area contributed by atoms with Gasteiger partial charge in [-0.3, -0.25) is 4.79 Å². The van der Waals surface area contributed by atoms with Crippen LogP contribution < -0.4 is 5.32 Å². The molecule has 1 atom stereocenters. The van der Waals surface area contributed by atoms with Crippen LogP contribution in [0.15, 0.2) is 53.4 Å². The third-order valence-corrected chi connectivity index (χ3v) is 7.62. The van der Waals surface area contributed by atoms with Crippen LogP contribution in [0.25, 0.3) is 11.4 Å². The molecule has 1 aliphatic carbocycles. The monoisotopic (exact) mass is 456 g/mol. The van der Waals surface area contributed by atoms with Crippen molar-refractivity contribution in [3.05, 3.63) is 54.3 Å². The Morgan fingerprint density at radius 3 is 2.62 bits per heavy atom. The van der Waals surface area contributed by atoms with Gasteiger partial charge < -0.3 is 5.32 Å². The Bertz CT molecular complexity index is 1260. The molecule has 1 N–H and O–H groups in total. The fraction of sp³-hybridized carbons (Fsp3) is 0.333. The second-order valence-electron chi connectivity index (χ2n) is 7.98. The average Bonchev–Trinajstić information content (AvgIpc) is 3.29. The van der Waals surface area contributed by atoms with E-state index in [0.717, 1.165) is 30.5 Å². The number of rotatable bonds is 6. The van der Waals surface area contributed by atoms with Crippen molar-refractivity contribution < 1.29 is 17.6 Å². The van der Waals surface area contributed by atoms with E-state index in [0.29, 0.717) is 30.4 Å². The van der Waals surface area contributed by atoms with E-state index < -0.39 is 27.8 Å². The molecule has 0 bridgehead atoms. The van der Waals surface area contributed by atoms with Crippen LogP contribution in [0.4, 0.5) is 10.1 Å². The Morgan fingerprint density at radius 2 is 1.88 bits per heavy atom. The van der Waals surface area contributed by atoms with Crippen molar-refractivity contribution in [2.24, 2.45) is 0 Å². The highest BCUT2D eigenvalue weighted by atomic mass is 32.2. The molecule has 11 heteroatoms. The van der Waals surface area contributed by atoms with Crippen LogP contribution >= 0.6 is 0 Å². The highest BCUT2D eigenvalue weighted by Gasteiger charge is 2.39. The van der Waals surface area contributed by atoms with Crippen LogP contribution in [-0.4, -0.2) is 51.4 Å². The lowest BCUT2D eigenvalue weighted by Gasteiger charge is -2.23. The first-order chi connectivity index (χ1) is 15.4. The molecule has 5 rings (SSSR count). The van der Waals surface area contributed by atoms with Gasteiger partial charge in [0.05, 0.1) is 10.9 Å². The highest BCUT2D eigenvalue weighted by molar-refractivity contribution is 7.89. The van der Waals surface area contributed by atoms with Gasteiger partial charge in [-0.05, 0) is 72.5 Å². The predicted octanol–water partition coefficient (Wildman–Crippen LogP) is 2.61. The molecule has 1 saturated carbocycles. The van der Waals surface area contributed by atoms with Gasteiger partial charge in [-0.25, -0.2) is 17.5 Å². The van der Waals surface area contributed by atoms with Crippen LogP contribution in [0, 0.1) is 5.82 Å². The Hall–Kier alpha value is -3.18. The maximum atomic E-state index is 13.2. The average molecular weight is 457 g/mol. The van der Waals surface area contributed by atoms with Crippen LogP contribution in [-0.2, 0) is 14.8 Å². The zero-order valence-corrected chi connectivity index (χ0v) is 17.9. The molecule has 3 aromatic rings. The van der Waals surface area contributed by atoms with Crippen molar-refractivity contribution >= 4 is 21.6 Å². The van der Waals surface area contributed by atoms with Gasteiger partial charge in [0.2, 0.25) is 15.9 Å². The van der Waals surface area contributed by atoms with E-state index >= 15 is 0 Å². The van der Waals surface area contributed by atoms with Crippen LogP contribution in [0.1, 0.15) is 31.7 Å². The number of carbonyl (C=O) groups is 1. The number of anilines is 1. The number of hydrogen-bond acceptors (Lipinski definition) is 6. The number of hydrogen-bond donors (Lipinski definition) is 1. The summed E-state index contributed by atoms with van der Waals surface area (Å²) in [5, 5.41) is 14.7. The summed E-state index contributed by atoms with van der Waals surface area (Å²) in [5.74, 6) is -0.302. The maximum absolute atomic E-state index is 13.2. The lowest BCUT2D eigenvalue weighted by Crippen LogP contribution is -2.43. The second kappa shape index (κ2) is 8.06. The molecule has 1 aromatic heterocycles. The Kier molecular flexibility index (Phi) is 5.22. The third kappa shape index (κ3) is 3.89. The summed E-state index contributed by atoms with van der Waals surface area (Å²) in [6.45, 7) is 0.230. The number of tetrazole rings is 1. The van der Waals surface area contributed by atoms with Crippen molar-refractivity contribution in [3.63, 3.8) is 0 Å². The summed E-state index contributed by atoms with van der Waals surface area (Å²) in [7, 11) is -3.92. The number of amides is 1. The number of carbonyl (C=O) groups excluding carboxylic acids is 1. The summed E-state index contributed by atoms with van der Waals surface area (Å²) in [6, 6.07) is 11.2. The number of nitrogens with one attached hydrogen (secondary N) is 1. The maximum Gasteiger partial charge on any atom is 0.243 e. The lowest BCUT2D eigenvalue weighted by molar-refractivity contribution is -0.119. The van der Waals surface area contributed by atoms with Crippen LogP contribution in [0.2, 0.25) is 0 Å². The molecule has 0 unspecified atom stereocenters. The van der Waals surface area contributed by atoms with Crippen molar-refractivity contribution in [1.29, 1.82) is 0 Å². The quantitative estimate of drug-likeness (QED) is 0.611. The number of halogens is 1. The minimum Gasteiger partial charge on any atom is -0.325 e. The van der Waals surface area contributed by atoms with E-state index in [1.165, 1.54) is 16.4 Å². The Labute approximate surface area is 184 Å². The van der Waals surface area contributed by atoms with Crippen LogP contribution in [0.3, 0.4) is 0 Å². The summed E-state index contributed by atoms with van der Waals surface area (Å²) in [6.07, 6.45) is 3.05. The first-order valence-electron chi connectivity index (χ1n) is 10.4. The molecular weight excluding hydrogens is 435 g/mol. The molecule has 2 heterocycles. The minimum atomic E-state index is -3.92. The number of nitrogens with zero attached hydrogens (tertiary/aromatic N) is 5. The topological polar surface area (TPSA) is 110 Å². The standard InChI is InChI=1S/C21H21FN6O3S/c22-15-6-10-18(11-7-15)32(30,31)27-12-2-5-19(27)21(29)23-16-4-1-3-14(13-16)20-24-25-26-28(20)17-8-9-17/h1,3-4,6-7,10-11,13,17,19H,2,5,8-9,12H2,(H,23,29)/t19-/m0/s1. The van der Waals surface area contributed by atoms with Gasteiger partial charge in [0, 0.05) is 17.8 Å². The molecule has 2 fully saturated rings. The summed E-state index contributed by atoms with van der Waals surface area (Å²) in [4.78, 5) is 13.0. The smallest absolute Gasteiger partial charge is 0.243 e. The predicted molar refractivity (Wildman–Crippen MR) is 113 cm³/mol. The van der Waals surface area contributed by atoms with Gasteiger partial charge in [-0.15, -0.1) is 5.10 Å². The van der Waals surface area contributed by atoms with Gasteiger partial charge in [0.1, 0.15) is 11.9 Å². The van der Waals surface area contributed by atoms with Crippen molar-refractivity contribution in [2.45, 2.75) is 42.7 Å². The molecule has 1 amide bonds. The van der Waals surface area contributed by atoms with Gasteiger partial charge in [-0.1, -0.05) is 12.1 Å². The van der Waals surface area contributed by atoms with E-state index in [2.05, 4.69) is 20.8 Å². The number of sulfonamides is 1.